The van der Waals surface area contributed by atoms with E-state index in [1.165, 1.54) is 0 Å². The highest BCUT2D eigenvalue weighted by Crippen LogP contribution is 2.26. The third kappa shape index (κ3) is 2.58. The predicted molar refractivity (Wildman–Crippen MR) is 83.6 cm³/mol. The number of aromatic nitrogens is 1. The van der Waals surface area contributed by atoms with Crippen molar-refractivity contribution in [2.45, 2.75) is 20.4 Å². The summed E-state index contributed by atoms with van der Waals surface area (Å²) in [6, 6.07) is 7.13. The molecule has 0 fully saturated rings. The van der Waals surface area contributed by atoms with Crippen molar-refractivity contribution in [3.8, 4) is 5.75 Å². The monoisotopic (exact) mass is 287 g/mol. The maximum Gasteiger partial charge on any atom is 0.263 e. The number of aryl methyl sites for hydroxylation is 1. The first-order chi connectivity index (χ1) is 9.97. The molecule has 1 aromatic carbocycles. The summed E-state index contributed by atoms with van der Waals surface area (Å²) in [5.74, 6) is -0.335. The zero-order chi connectivity index (χ0) is 15.6. The molecule has 0 aliphatic heterocycles. The molecular weight excluding hydrogens is 270 g/mol. The Kier molecular flexibility index (Phi) is 3.93. The molecule has 1 heterocycles. The van der Waals surface area contributed by atoms with Gasteiger partial charge in [-0.2, -0.15) is 5.10 Å². The lowest BCUT2D eigenvalue weighted by Gasteiger charge is -2.13. The van der Waals surface area contributed by atoms with Gasteiger partial charge in [-0.05, 0) is 26.0 Å². The maximum atomic E-state index is 12.5. The molecule has 5 N–H and O–H groups in total. The first-order valence-corrected chi connectivity index (χ1v) is 6.45. The molecule has 21 heavy (non-hydrogen) atoms. The summed E-state index contributed by atoms with van der Waals surface area (Å²) in [5, 5.41) is 18.3. The van der Waals surface area contributed by atoms with Gasteiger partial charge >= 0.3 is 0 Å². The number of nitrogens with two attached hydrogens (primary N) is 2. The molecule has 0 atom stereocenters. The average molecular weight is 287 g/mol. The summed E-state index contributed by atoms with van der Waals surface area (Å²) < 4.78 is 1.57. The summed E-state index contributed by atoms with van der Waals surface area (Å²) in [5.41, 5.74) is 11.1. The van der Waals surface area contributed by atoms with Crippen LogP contribution in [0.15, 0.2) is 39.3 Å². The normalized spacial score (nSPS) is 11.6. The first-order valence-electron chi connectivity index (χ1n) is 6.45. The molecule has 0 unspecified atom stereocenters. The summed E-state index contributed by atoms with van der Waals surface area (Å²) in [7, 11) is 0. The van der Waals surface area contributed by atoms with Crippen LogP contribution < -0.4 is 17.0 Å². The Morgan fingerprint density at radius 3 is 2.57 bits per heavy atom. The first kappa shape index (κ1) is 14.6. The van der Waals surface area contributed by atoms with Crippen molar-refractivity contribution in [1.82, 2.24) is 4.57 Å². The van der Waals surface area contributed by atoms with Gasteiger partial charge in [0, 0.05) is 11.9 Å². The van der Waals surface area contributed by atoms with E-state index in [1.54, 1.807) is 29.7 Å². The Morgan fingerprint density at radius 2 is 1.95 bits per heavy atom. The minimum absolute atomic E-state index is 0.0977. The number of pyridine rings is 1. The largest absolute Gasteiger partial charge is 0.506 e. The summed E-state index contributed by atoms with van der Waals surface area (Å²) in [6.45, 7) is 3.90. The Labute approximate surface area is 121 Å². The third-order valence-corrected chi connectivity index (χ3v) is 3.14. The summed E-state index contributed by atoms with van der Waals surface area (Å²) >= 11 is 0. The molecule has 0 saturated carbocycles. The molecule has 0 saturated heterocycles. The maximum absolute atomic E-state index is 12.5. The van der Waals surface area contributed by atoms with Crippen LogP contribution >= 0.6 is 0 Å². The van der Waals surface area contributed by atoms with E-state index >= 15 is 0 Å². The van der Waals surface area contributed by atoms with Gasteiger partial charge in [0.05, 0.1) is 11.2 Å². The number of hydrogen-bond acceptors (Lipinski definition) is 4. The van der Waals surface area contributed by atoms with Gasteiger partial charge in [0.15, 0.2) is 0 Å². The fraction of sp³-hybridized carbons (Fsp3) is 0.214. The SMILES string of the molecule is CCn1c(=O)c(/C(C)=N/N=C(N)N)c(O)c2ccccc21. The van der Waals surface area contributed by atoms with Crippen LogP contribution in [0.25, 0.3) is 10.9 Å². The average Bonchev–Trinajstić information content (AvgIpc) is 2.46. The van der Waals surface area contributed by atoms with Gasteiger partial charge in [0.25, 0.3) is 5.56 Å². The Morgan fingerprint density at radius 1 is 1.29 bits per heavy atom. The molecule has 0 aliphatic carbocycles. The fourth-order valence-corrected chi connectivity index (χ4v) is 2.21. The van der Waals surface area contributed by atoms with E-state index in [9.17, 15) is 9.90 Å². The minimum Gasteiger partial charge on any atom is -0.506 e. The van der Waals surface area contributed by atoms with Crippen molar-refractivity contribution in [1.29, 1.82) is 0 Å². The molecule has 0 spiro atoms. The quantitative estimate of drug-likeness (QED) is 0.438. The van der Waals surface area contributed by atoms with Crippen molar-refractivity contribution < 1.29 is 5.11 Å². The van der Waals surface area contributed by atoms with Crippen molar-refractivity contribution in [2.75, 3.05) is 0 Å². The number of rotatable bonds is 3. The third-order valence-electron chi connectivity index (χ3n) is 3.14. The van der Waals surface area contributed by atoms with Crippen molar-refractivity contribution in [3.05, 3.63) is 40.2 Å². The zero-order valence-electron chi connectivity index (χ0n) is 11.9. The Hall–Kier alpha value is -2.83. The van der Waals surface area contributed by atoms with E-state index in [0.717, 1.165) is 0 Å². The van der Waals surface area contributed by atoms with E-state index in [-0.39, 0.29) is 28.5 Å². The molecule has 7 nitrogen and oxygen atoms in total. The lowest BCUT2D eigenvalue weighted by atomic mass is 10.1. The molecular formula is C14H17N5O2. The van der Waals surface area contributed by atoms with Crippen molar-refractivity contribution in [2.24, 2.45) is 21.7 Å². The molecule has 0 radical (unpaired) electrons. The highest BCUT2D eigenvalue weighted by Gasteiger charge is 2.17. The predicted octanol–water partition coefficient (Wildman–Crippen LogP) is 0.724. The second kappa shape index (κ2) is 5.66. The second-order valence-corrected chi connectivity index (χ2v) is 4.50. The summed E-state index contributed by atoms with van der Waals surface area (Å²) in [4.78, 5) is 12.5. The van der Waals surface area contributed by atoms with Gasteiger partial charge in [-0.3, -0.25) is 4.79 Å². The Balaban J connectivity index is 2.84. The molecule has 0 amide bonds. The fourth-order valence-electron chi connectivity index (χ4n) is 2.21. The van der Waals surface area contributed by atoms with Gasteiger partial charge in [-0.1, -0.05) is 12.1 Å². The standard InChI is InChI=1S/C14H17N5O2/c1-3-19-10-7-5-4-6-9(10)12(20)11(13(19)21)8(2)17-18-14(15)16/h4-7,20H,3H2,1-2H3,(H4,15,16,18)/b17-8+. The lowest BCUT2D eigenvalue weighted by molar-refractivity contribution is 0.477. The van der Waals surface area contributed by atoms with Gasteiger partial charge in [-0.25, -0.2) is 0 Å². The number of fused-ring (bicyclic) bond motifs is 1. The lowest BCUT2D eigenvalue weighted by Crippen LogP contribution is -2.26. The number of guanidine groups is 1. The number of nitrogens with zero attached hydrogens (tertiary/aromatic N) is 3. The second-order valence-electron chi connectivity index (χ2n) is 4.50. The van der Waals surface area contributed by atoms with E-state index in [0.29, 0.717) is 17.4 Å². The van der Waals surface area contributed by atoms with Crippen LogP contribution in [0.3, 0.4) is 0 Å². The molecule has 7 heteroatoms. The van der Waals surface area contributed by atoms with E-state index < -0.39 is 0 Å². The van der Waals surface area contributed by atoms with E-state index in [1.807, 2.05) is 13.0 Å². The van der Waals surface area contributed by atoms with Gasteiger partial charge in [0.1, 0.15) is 11.3 Å². The molecule has 2 rings (SSSR count). The molecule has 0 aliphatic rings. The van der Waals surface area contributed by atoms with Crippen LogP contribution in [0.5, 0.6) is 5.75 Å². The number of hydrogen-bond donors (Lipinski definition) is 3. The smallest absolute Gasteiger partial charge is 0.263 e. The molecule has 1 aromatic heterocycles. The molecule has 110 valence electrons. The van der Waals surface area contributed by atoms with Gasteiger partial charge in [0.2, 0.25) is 5.96 Å². The van der Waals surface area contributed by atoms with Crippen LogP contribution in [0, 0.1) is 0 Å². The number of benzene rings is 1. The highest BCUT2D eigenvalue weighted by atomic mass is 16.3. The van der Waals surface area contributed by atoms with Crippen LogP contribution in [-0.2, 0) is 6.54 Å². The molecule has 0 bridgehead atoms. The van der Waals surface area contributed by atoms with Crippen LogP contribution in [0.4, 0.5) is 0 Å². The summed E-state index contributed by atoms with van der Waals surface area (Å²) in [6.07, 6.45) is 0. The van der Waals surface area contributed by atoms with Crippen molar-refractivity contribution in [3.63, 3.8) is 0 Å². The molecule has 2 aromatic rings. The zero-order valence-corrected chi connectivity index (χ0v) is 11.9. The van der Waals surface area contributed by atoms with Crippen molar-refractivity contribution >= 4 is 22.6 Å². The van der Waals surface area contributed by atoms with E-state index in [4.69, 9.17) is 11.5 Å². The van der Waals surface area contributed by atoms with Crippen LogP contribution in [-0.4, -0.2) is 21.3 Å². The minimum atomic E-state index is -0.333. The van der Waals surface area contributed by atoms with Gasteiger partial charge < -0.3 is 21.1 Å². The van der Waals surface area contributed by atoms with Crippen LogP contribution in [0.1, 0.15) is 19.4 Å². The highest BCUT2D eigenvalue weighted by molar-refractivity contribution is 6.05. The van der Waals surface area contributed by atoms with Gasteiger partial charge in [-0.15, -0.1) is 5.10 Å². The topological polar surface area (TPSA) is 119 Å². The Bertz CT molecular complexity index is 801. The van der Waals surface area contributed by atoms with Crippen LogP contribution in [0.2, 0.25) is 0 Å². The number of aromatic hydroxyl groups is 1. The number of para-hydroxylation sites is 1. The van der Waals surface area contributed by atoms with E-state index in [2.05, 4.69) is 10.2 Å².